The fourth-order valence-corrected chi connectivity index (χ4v) is 4.68. The molecular formula is C20H16N4O2S2. The lowest BCUT2D eigenvalue weighted by Crippen LogP contribution is -1.95. The standard InChI is InChI=1S/C20H16N4O2S2/c1-24-18(13-5-3-2-4-6-13)22-23-20(24)28-11-15-10-27-19(21-15)14-7-8-16-17(9-14)26-12-25-16/h2-10H,11-12H2,1H3. The van der Waals surface area contributed by atoms with Crippen LogP contribution in [0.3, 0.4) is 0 Å². The van der Waals surface area contributed by atoms with Gasteiger partial charge < -0.3 is 14.0 Å². The van der Waals surface area contributed by atoms with E-state index in [2.05, 4.69) is 15.6 Å². The third-order valence-electron chi connectivity index (χ3n) is 4.39. The van der Waals surface area contributed by atoms with Gasteiger partial charge >= 0.3 is 0 Å². The van der Waals surface area contributed by atoms with Crippen molar-refractivity contribution >= 4 is 23.1 Å². The molecule has 6 nitrogen and oxygen atoms in total. The molecule has 0 radical (unpaired) electrons. The number of hydrogen-bond acceptors (Lipinski definition) is 7. The Hall–Kier alpha value is -2.84. The third kappa shape index (κ3) is 3.25. The maximum atomic E-state index is 5.46. The first kappa shape index (κ1) is 17.3. The van der Waals surface area contributed by atoms with Crippen LogP contribution in [0, 0.1) is 0 Å². The molecule has 1 aliphatic rings. The van der Waals surface area contributed by atoms with Crippen LogP contribution < -0.4 is 9.47 Å². The van der Waals surface area contributed by atoms with Gasteiger partial charge in [-0.05, 0) is 18.2 Å². The predicted octanol–water partition coefficient (Wildman–Crippen LogP) is 4.63. The fourth-order valence-electron chi connectivity index (χ4n) is 2.95. The molecule has 28 heavy (non-hydrogen) atoms. The van der Waals surface area contributed by atoms with Crippen LogP contribution in [0.5, 0.6) is 11.5 Å². The van der Waals surface area contributed by atoms with Crippen LogP contribution in [-0.2, 0) is 12.8 Å². The smallest absolute Gasteiger partial charge is 0.231 e. The zero-order chi connectivity index (χ0) is 18.9. The van der Waals surface area contributed by atoms with Crippen molar-refractivity contribution in [3.05, 3.63) is 59.6 Å². The average molecular weight is 409 g/mol. The monoisotopic (exact) mass is 408 g/mol. The van der Waals surface area contributed by atoms with Crippen molar-refractivity contribution in [1.82, 2.24) is 19.7 Å². The van der Waals surface area contributed by atoms with Gasteiger partial charge in [0.1, 0.15) is 5.01 Å². The molecule has 0 fully saturated rings. The normalized spacial score (nSPS) is 12.5. The van der Waals surface area contributed by atoms with Crippen molar-refractivity contribution < 1.29 is 9.47 Å². The first-order valence-electron chi connectivity index (χ1n) is 8.70. The van der Waals surface area contributed by atoms with E-state index in [0.29, 0.717) is 0 Å². The lowest BCUT2D eigenvalue weighted by atomic mass is 10.2. The number of fused-ring (bicyclic) bond motifs is 1. The molecule has 0 atom stereocenters. The van der Waals surface area contributed by atoms with E-state index in [9.17, 15) is 0 Å². The van der Waals surface area contributed by atoms with Gasteiger partial charge in [0, 0.05) is 29.3 Å². The Bertz CT molecular complexity index is 1120. The summed E-state index contributed by atoms with van der Waals surface area (Å²) < 4.78 is 12.8. The highest BCUT2D eigenvalue weighted by Crippen LogP contribution is 2.37. The predicted molar refractivity (Wildman–Crippen MR) is 110 cm³/mol. The Kier molecular flexibility index (Phi) is 4.50. The molecule has 0 saturated carbocycles. The largest absolute Gasteiger partial charge is 0.454 e. The zero-order valence-corrected chi connectivity index (χ0v) is 16.7. The Morgan fingerprint density at radius 2 is 1.89 bits per heavy atom. The SMILES string of the molecule is Cn1c(SCc2csc(-c3ccc4c(c3)OCO4)n2)nnc1-c1ccccc1. The number of thioether (sulfide) groups is 1. The van der Waals surface area contributed by atoms with E-state index >= 15 is 0 Å². The van der Waals surface area contributed by atoms with E-state index in [1.807, 2.05) is 60.1 Å². The second kappa shape index (κ2) is 7.29. The summed E-state index contributed by atoms with van der Waals surface area (Å²) >= 11 is 3.26. The number of ether oxygens (including phenoxy) is 2. The van der Waals surface area contributed by atoms with Gasteiger partial charge in [-0.15, -0.1) is 21.5 Å². The molecule has 0 spiro atoms. The van der Waals surface area contributed by atoms with Gasteiger partial charge in [-0.25, -0.2) is 4.98 Å². The van der Waals surface area contributed by atoms with Crippen LogP contribution >= 0.6 is 23.1 Å². The molecule has 2 aromatic carbocycles. The molecule has 0 bridgehead atoms. The first-order chi connectivity index (χ1) is 13.8. The number of aromatic nitrogens is 4. The van der Waals surface area contributed by atoms with Gasteiger partial charge in [-0.1, -0.05) is 42.1 Å². The second-order valence-electron chi connectivity index (χ2n) is 6.23. The van der Waals surface area contributed by atoms with Crippen LogP contribution in [0.1, 0.15) is 5.69 Å². The van der Waals surface area contributed by atoms with Gasteiger partial charge in [0.2, 0.25) is 6.79 Å². The molecular weight excluding hydrogens is 392 g/mol. The van der Waals surface area contributed by atoms with E-state index in [0.717, 1.165) is 50.1 Å². The summed E-state index contributed by atoms with van der Waals surface area (Å²) in [6, 6.07) is 16.0. The molecule has 2 aromatic heterocycles. The second-order valence-corrected chi connectivity index (χ2v) is 8.03. The number of hydrogen-bond donors (Lipinski definition) is 0. The highest BCUT2D eigenvalue weighted by molar-refractivity contribution is 7.98. The molecule has 0 N–H and O–H groups in total. The molecule has 4 aromatic rings. The topological polar surface area (TPSA) is 62.1 Å². The van der Waals surface area contributed by atoms with Crippen molar-refractivity contribution in [2.75, 3.05) is 6.79 Å². The van der Waals surface area contributed by atoms with Crippen molar-refractivity contribution in [3.63, 3.8) is 0 Å². The van der Waals surface area contributed by atoms with E-state index in [-0.39, 0.29) is 6.79 Å². The summed E-state index contributed by atoms with van der Waals surface area (Å²) in [4.78, 5) is 4.76. The summed E-state index contributed by atoms with van der Waals surface area (Å²) in [6.45, 7) is 0.279. The highest BCUT2D eigenvalue weighted by Gasteiger charge is 2.16. The molecule has 0 amide bonds. The Balaban J connectivity index is 1.30. The van der Waals surface area contributed by atoms with Crippen molar-refractivity contribution in [2.24, 2.45) is 7.05 Å². The number of rotatable bonds is 5. The Morgan fingerprint density at radius 1 is 1.04 bits per heavy atom. The minimum Gasteiger partial charge on any atom is -0.454 e. The number of nitrogens with zero attached hydrogens (tertiary/aromatic N) is 4. The van der Waals surface area contributed by atoms with E-state index in [4.69, 9.17) is 14.5 Å². The summed E-state index contributed by atoms with van der Waals surface area (Å²) in [6.07, 6.45) is 0. The zero-order valence-electron chi connectivity index (χ0n) is 15.0. The van der Waals surface area contributed by atoms with Gasteiger partial charge in [0.05, 0.1) is 5.69 Å². The Morgan fingerprint density at radius 3 is 2.79 bits per heavy atom. The van der Waals surface area contributed by atoms with Crippen LogP contribution in [0.2, 0.25) is 0 Å². The molecule has 0 saturated heterocycles. The van der Waals surface area contributed by atoms with Gasteiger partial charge in [0.15, 0.2) is 22.5 Å². The molecule has 5 rings (SSSR count). The maximum absolute atomic E-state index is 5.46. The summed E-state index contributed by atoms with van der Waals surface area (Å²) in [5.41, 5.74) is 3.12. The number of thiazole rings is 1. The van der Waals surface area contributed by atoms with Crippen LogP contribution in [0.4, 0.5) is 0 Å². The maximum Gasteiger partial charge on any atom is 0.231 e. The van der Waals surface area contributed by atoms with Crippen LogP contribution in [-0.4, -0.2) is 26.5 Å². The third-order valence-corrected chi connectivity index (χ3v) is 6.38. The fraction of sp³-hybridized carbons (Fsp3) is 0.150. The first-order valence-corrected chi connectivity index (χ1v) is 10.6. The van der Waals surface area contributed by atoms with Crippen LogP contribution in [0.25, 0.3) is 22.0 Å². The van der Waals surface area contributed by atoms with Gasteiger partial charge in [0.25, 0.3) is 0 Å². The quantitative estimate of drug-likeness (QED) is 0.449. The van der Waals surface area contributed by atoms with Crippen LogP contribution in [0.15, 0.2) is 59.1 Å². The van der Waals surface area contributed by atoms with Gasteiger partial charge in [-0.2, -0.15) is 0 Å². The lowest BCUT2D eigenvalue weighted by Gasteiger charge is -2.03. The molecule has 0 unspecified atom stereocenters. The van der Waals surface area contributed by atoms with Crippen molar-refractivity contribution in [3.8, 4) is 33.5 Å². The van der Waals surface area contributed by atoms with Crippen molar-refractivity contribution in [1.29, 1.82) is 0 Å². The number of benzene rings is 2. The molecule has 0 aliphatic carbocycles. The summed E-state index contributed by atoms with van der Waals surface area (Å²) in [7, 11) is 1.99. The summed E-state index contributed by atoms with van der Waals surface area (Å²) in [5.74, 6) is 3.16. The minimum atomic E-state index is 0.279. The average Bonchev–Trinajstić information content (AvgIpc) is 3.46. The summed E-state index contributed by atoms with van der Waals surface area (Å²) in [5, 5.41) is 12.6. The van der Waals surface area contributed by atoms with Gasteiger partial charge in [-0.3, -0.25) is 0 Å². The molecule has 3 heterocycles. The van der Waals surface area contributed by atoms with E-state index in [1.165, 1.54) is 0 Å². The molecule has 8 heteroatoms. The Labute approximate surface area is 170 Å². The molecule has 140 valence electrons. The van der Waals surface area contributed by atoms with E-state index < -0.39 is 0 Å². The molecule has 1 aliphatic heterocycles. The lowest BCUT2D eigenvalue weighted by molar-refractivity contribution is 0.174. The van der Waals surface area contributed by atoms with E-state index in [1.54, 1.807) is 23.1 Å². The minimum absolute atomic E-state index is 0.279. The highest BCUT2D eigenvalue weighted by atomic mass is 32.2. The van der Waals surface area contributed by atoms with Crippen molar-refractivity contribution in [2.45, 2.75) is 10.9 Å².